The van der Waals surface area contributed by atoms with Gasteiger partial charge in [-0.3, -0.25) is 14.5 Å². The lowest BCUT2D eigenvalue weighted by Crippen LogP contribution is -2.35. The van der Waals surface area contributed by atoms with Crippen molar-refractivity contribution in [3.8, 4) is 0 Å². The molecule has 0 saturated carbocycles. The van der Waals surface area contributed by atoms with Crippen molar-refractivity contribution in [3.63, 3.8) is 0 Å². The Morgan fingerprint density at radius 3 is 2.62 bits per heavy atom. The smallest absolute Gasteiger partial charge is 0.311 e. The van der Waals surface area contributed by atoms with Crippen molar-refractivity contribution in [2.24, 2.45) is 5.92 Å². The summed E-state index contributed by atoms with van der Waals surface area (Å²) in [6, 6.07) is 8.02. The first-order valence-corrected chi connectivity index (χ1v) is 8.53. The van der Waals surface area contributed by atoms with E-state index in [0.29, 0.717) is 13.2 Å². The first-order valence-electron chi connectivity index (χ1n) is 8.53. The largest absolute Gasteiger partial charge is 0.466 e. The van der Waals surface area contributed by atoms with Crippen LogP contribution in [0, 0.1) is 5.92 Å². The van der Waals surface area contributed by atoms with Gasteiger partial charge in [-0.05, 0) is 24.6 Å². The molecule has 6 nitrogen and oxygen atoms in total. The van der Waals surface area contributed by atoms with Gasteiger partial charge in [0.05, 0.1) is 25.7 Å². The van der Waals surface area contributed by atoms with Gasteiger partial charge in [0, 0.05) is 38.3 Å². The third-order valence-corrected chi connectivity index (χ3v) is 4.50. The summed E-state index contributed by atoms with van der Waals surface area (Å²) >= 11 is 0. The molecule has 1 aromatic rings. The van der Waals surface area contributed by atoms with Crippen LogP contribution in [-0.4, -0.2) is 56.2 Å². The molecule has 1 atom stereocenters. The van der Waals surface area contributed by atoms with Gasteiger partial charge >= 0.3 is 5.97 Å². The minimum Gasteiger partial charge on any atom is -0.466 e. The molecular weight excluding hydrogens is 308 g/mol. The number of benzene rings is 1. The van der Waals surface area contributed by atoms with E-state index in [-0.39, 0.29) is 24.2 Å². The maximum absolute atomic E-state index is 12.2. The highest BCUT2D eigenvalue weighted by atomic mass is 16.5. The van der Waals surface area contributed by atoms with Gasteiger partial charge in [0.25, 0.3) is 0 Å². The molecule has 0 bridgehead atoms. The average molecular weight is 332 g/mol. The minimum atomic E-state index is -0.356. The number of anilines is 1. The summed E-state index contributed by atoms with van der Waals surface area (Å²) < 4.78 is 10.4. The maximum atomic E-state index is 12.2. The highest BCUT2D eigenvalue weighted by Crippen LogP contribution is 2.26. The number of amides is 1. The van der Waals surface area contributed by atoms with E-state index in [0.717, 1.165) is 38.5 Å². The number of nitrogens with zero attached hydrogens (tertiary/aromatic N) is 2. The van der Waals surface area contributed by atoms with Crippen molar-refractivity contribution in [2.75, 3.05) is 44.4 Å². The topological polar surface area (TPSA) is 59.1 Å². The number of morpholine rings is 1. The number of rotatable bonds is 5. The molecule has 6 heteroatoms. The molecule has 1 unspecified atom stereocenters. The molecule has 130 valence electrons. The second kappa shape index (κ2) is 7.77. The molecule has 2 aliphatic rings. The Hall–Kier alpha value is -1.92. The molecule has 1 amide bonds. The summed E-state index contributed by atoms with van der Waals surface area (Å²) in [5.74, 6) is -0.656. The fourth-order valence-corrected chi connectivity index (χ4v) is 3.17. The maximum Gasteiger partial charge on any atom is 0.311 e. The summed E-state index contributed by atoms with van der Waals surface area (Å²) in [6.07, 6.45) is 0.231. The first-order chi connectivity index (χ1) is 11.7. The van der Waals surface area contributed by atoms with E-state index < -0.39 is 0 Å². The molecule has 0 N–H and O–H groups in total. The monoisotopic (exact) mass is 332 g/mol. The van der Waals surface area contributed by atoms with Crippen molar-refractivity contribution in [1.29, 1.82) is 0 Å². The lowest BCUT2D eigenvalue weighted by molar-refractivity contribution is -0.147. The highest BCUT2D eigenvalue weighted by molar-refractivity contribution is 5.99. The zero-order chi connectivity index (χ0) is 16.9. The van der Waals surface area contributed by atoms with Crippen LogP contribution in [0.25, 0.3) is 0 Å². The van der Waals surface area contributed by atoms with Gasteiger partial charge in [-0.25, -0.2) is 0 Å². The molecule has 0 radical (unpaired) electrons. The molecule has 0 aliphatic carbocycles. The van der Waals surface area contributed by atoms with Crippen molar-refractivity contribution < 1.29 is 19.1 Å². The molecule has 2 fully saturated rings. The SMILES string of the molecule is CCOC(=O)C1CC(=O)N(c2ccc(CN3CCOCC3)cc2)C1. The Bertz CT molecular complexity index is 581. The second-order valence-corrected chi connectivity index (χ2v) is 6.21. The number of carbonyl (C=O) groups excluding carboxylic acids is 2. The predicted molar refractivity (Wildman–Crippen MR) is 89.6 cm³/mol. The molecule has 2 saturated heterocycles. The molecule has 2 heterocycles. The zero-order valence-corrected chi connectivity index (χ0v) is 14.1. The summed E-state index contributed by atoms with van der Waals surface area (Å²) in [5, 5.41) is 0. The van der Waals surface area contributed by atoms with Crippen molar-refractivity contribution in [2.45, 2.75) is 19.9 Å². The van der Waals surface area contributed by atoms with Gasteiger partial charge < -0.3 is 14.4 Å². The van der Waals surface area contributed by atoms with Crippen LogP contribution < -0.4 is 4.90 Å². The first kappa shape index (κ1) is 16.9. The fourth-order valence-electron chi connectivity index (χ4n) is 3.17. The Morgan fingerprint density at radius 2 is 1.96 bits per heavy atom. The van der Waals surface area contributed by atoms with Crippen molar-refractivity contribution >= 4 is 17.6 Å². The van der Waals surface area contributed by atoms with Crippen molar-refractivity contribution in [1.82, 2.24) is 4.90 Å². The zero-order valence-electron chi connectivity index (χ0n) is 14.1. The van der Waals surface area contributed by atoms with Gasteiger partial charge in [-0.2, -0.15) is 0 Å². The van der Waals surface area contributed by atoms with Crippen LogP contribution in [-0.2, 0) is 25.6 Å². The summed E-state index contributed by atoms with van der Waals surface area (Å²) in [5.41, 5.74) is 2.06. The summed E-state index contributed by atoms with van der Waals surface area (Å²) in [7, 11) is 0. The Kier molecular flexibility index (Phi) is 5.48. The lowest BCUT2D eigenvalue weighted by atomic mass is 10.1. The lowest BCUT2D eigenvalue weighted by Gasteiger charge is -2.26. The van der Waals surface area contributed by atoms with Crippen LogP contribution in [0.3, 0.4) is 0 Å². The number of ether oxygens (including phenoxy) is 2. The minimum absolute atomic E-state index is 0.0195. The Labute approximate surface area is 142 Å². The van der Waals surface area contributed by atoms with Crippen LogP contribution in [0.5, 0.6) is 0 Å². The quantitative estimate of drug-likeness (QED) is 0.764. The second-order valence-electron chi connectivity index (χ2n) is 6.21. The van der Waals surface area contributed by atoms with E-state index >= 15 is 0 Å². The third kappa shape index (κ3) is 3.94. The van der Waals surface area contributed by atoms with Crippen LogP contribution in [0.4, 0.5) is 5.69 Å². The number of esters is 1. The normalized spacial score (nSPS) is 22.0. The summed E-state index contributed by atoms with van der Waals surface area (Å²) in [4.78, 5) is 28.1. The van der Waals surface area contributed by atoms with Crippen LogP contribution in [0.1, 0.15) is 18.9 Å². The Morgan fingerprint density at radius 1 is 1.25 bits per heavy atom. The fraction of sp³-hybridized carbons (Fsp3) is 0.556. The third-order valence-electron chi connectivity index (χ3n) is 4.50. The van der Waals surface area contributed by atoms with Gasteiger partial charge in [-0.1, -0.05) is 12.1 Å². The number of hydrogen-bond acceptors (Lipinski definition) is 5. The van der Waals surface area contributed by atoms with E-state index in [2.05, 4.69) is 17.0 Å². The van der Waals surface area contributed by atoms with Gasteiger partial charge in [0.1, 0.15) is 0 Å². The predicted octanol–water partition coefficient (Wildman–Crippen LogP) is 1.43. The molecule has 1 aromatic carbocycles. The molecule has 3 rings (SSSR count). The van der Waals surface area contributed by atoms with E-state index in [1.807, 2.05) is 12.1 Å². The molecular formula is C18H24N2O4. The average Bonchev–Trinajstić information content (AvgIpc) is 2.99. The van der Waals surface area contributed by atoms with E-state index in [4.69, 9.17) is 9.47 Å². The van der Waals surface area contributed by atoms with Gasteiger partial charge in [-0.15, -0.1) is 0 Å². The van der Waals surface area contributed by atoms with Crippen LogP contribution >= 0.6 is 0 Å². The van der Waals surface area contributed by atoms with Crippen LogP contribution in [0.2, 0.25) is 0 Å². The number of carbonyl (C=O) groups is 2. The highest BCUT2D eigenvalue weighted by Gasteiger charge is 2.35. The standard InChI is InChI=1S/C18H24N2O4/c1-2-24-18(22)15-11-17(21)20(13-15)16-5-3-14(4-6-16)12-19-7-9-23-10-8-19/h3-6,15H,2,7-13H2,1H3. The Balaban J connectivity index is 1.60. The van der Waals surface area contributed by atoms with Gasteiger partial charge in [0.2, 0.25) is 5.91 Å². The molecule has 2 aliphatic heterocycles. The van der Waals surface area contributed by atoms with Gasteiger partial charge in [0.15, 0.2) is 0 Å². The van der Waals surface area contributed by atoms with E-state index in [1.165, 1.54) is 5.56 Å². The van der Waals surface area contributed by atoms with E-state index in [1.54, 1.807) is 11.8 Å². The van der Waals surface area contributed by atoms with Crippen LogP contribution in [0.15, 0.2) is 24.3 Å². The molecule has 0 spiro atoms. The van der Waals surface area contributed by atoms with Crippen molar-refractivity contribution in [3.05, 3.63) is 29.8 Å². The number of hydrogen-bond donors (Lipinski definition) is 0. The molecule has 0 aromatic heterocycles. The van der Waals surface area contributed by atoms with E-state index in [9.17, 15) is 9.59 Å². The summed E-state index contributed by atoms with van der Waals surface area (Å²) in [6.45, 7) is 6.90. The molecule has 24 heavy (non-hydrogen) atoms.